The Hall–Kier alpha value is -8.12. The third-order valence-electron chi connectivity index (χ3n) is 19.4. The first-order chi connectivity index (χ1) is 44.4. The Morgan fingerprint density at radius 2 is 0.785 bits per heavy atom. The lowest BCUT2D eigenvalue weighted by atomic mass is 9.92. The fourth-order valence-electron chi connectivity index (χ4n) is 13.9. The summed E-state index contributed by atoms with van der Waals surface area (Å²) in [5.74, 6) is -0.218. The Balaban J connectivity index is 0.000000153. The number of halogens is 5. The van der Waals surface area contributed by atoms with Crippen LogP contribution in [0.4, 0.5) is 39.0 Å². The second-order valence-corrected chi connectivity index (χ2v) is 27.6. The van der Waals surface area contributed by atoms with Crippen LogP contribution in [0.1, 0.15) is 135 Å². The van der Waals surface area contributed by atoms with Crippen LogP contribution >= 0.6 is 0 Å². The minimum atomic E-state index is -4.45. The van der Waals surface area contributed by atoms with Gasteiger partial charge in [-0.3, -0.25) is 14.4 Å². The number of rotatable bonds is 15. The van der Waals surface area contributed by atoms with Crippen molar-refractivity contribution < 1.29 is 64.0 Å². The number of alkyl halides is 3. The largest absolute Gasteiger partial charge is 0.488 e. The summed E-state index contributed by atoms with van der Waals surface area (Å²) in [4.78, 5) is 37.9. The predicted octanol–water partition coefficient (Wildman–Crippen LogP) is 16.3. The highest BCUT2D eigenvalue weighted by atomic mass is 19.4. The summed E-state index contributed by atoms with van der Waals surface area (Å²) in [5, 5.41) is 8.65. The van der Waals surface area contributed by atoms with E-state index in [1.807, 2.05) is 48.5 Å². The zero-order chi connectivity index (χ0) is 65.9. The molecule has 3 aliphatic heterocycles. The topological polar surface area (TPSA) is 115 Å². The minimum Gasteiger partial charge on any atom is -0.488 e. The Morgan fingerprint density at radius 3 is 1.17 bits per heavy atom. The molecular weight excluding hydrogens is 1190 g/mol. The number of carbonyl (C=O) groups is 3. The lowest BCUT2D eigenvalue weighted by molar-refractivity contribution is -0.929. The number of hydrogen-bond donors (Lipinski definition) is 3. The predicted molar refractivity (Wildman–Crippen MR) is 358 cm³/mol. The van der Waals surface area contributed by atoms with Crippen LogP contribution in [-0.2, 0) is 40.2 Å². The van der Waals surface area contributed by atoms with Gasteiger partial charge in [0.2, 0.25) is 0 Å². The van der Waals surface area contributed by atoms with Gasteiger partial charge >= 0.3 is 6.18 Å². The van der Waals surface area contributed by atoms with Gasteiger partial charge in [0.15, 0.2) is 0 Å². The number of hydrogen-bond acceptors (Lipinski definition) is 6. The van der Waals surface area contributed by atoms with Gasteiger partial charge in [0.25, 0.3) is 17.7 Å². The van der Waals surface area contributed by atoms with Crippen LogP contribution in [0.25, 0.3) is 18.2 Å². The highest BCUT2D eigenvalue weighted by Gasteiger charge is 2.35. The summed E-state index contributed by atoms with van der Waals surface area (Å²) in [6, 6.07) is 38.3. The molecule has 93 heavy (non-hydrogen) atoms. The van der Waals surface area contributed by atoms with Crippen molar-refractivity contribution in [2.75, 3.05) is 78.1 Å². The van der Waals surface area contributed by atoms with E-state index in [4.69, 9.17) is 14.2 Å². The molecular formula is C76H90F5N6O6+3. The van der Waals surface area contributed by atoms with Crippen LogP contribution in [0.2, 0.25) is 0 Å². The van der Waals surface area contributed by atoms with Gasteiger partial charge in [-0.05, 0) is 180 Å². The van der Waals surface area contributed by atoms with Gasteiger partial charge in [0.1, 0.15) is 68.3 Å². The summed E-state index contributed by atoms with van der Waals surface area (Å²) < 4.78 is 86.0. The minimum absolute atomic E-state index is 0.00927. The molecule has 0 unspecified atom stereocenters. The van der Waals surface area contributed by atoms with Crippen molar-refractivity contribution in [3.63, 3.8) is 0 Å². The zero-order valence-corrected chi connectivity index (χ0v) is 54.6. The molecule has 6 aliphatic rings. The second kappa shape index (κ2) is 29.9. The fraction of sp³-hybridized carbons (Fsp3) is 0.408. The lowest BCUT2D eigenvalue weighted by Crippen LogP contribution is -2.48. The van der Waals surface area contributed by atoms with Gasteiger partial charge in [0.05, 0.1) is 88.3 Å². The number of benzene rings is 6. The first-order valence-electron chi connectivity index (χ1n) is 32.9. The summed E-state index contributed by atoms with van der Waals surface area (Å²) >= 11 is 0. The van der Waals surface area contributed by atoms with E-state index >= 15 is 0 Å². The van der Waals surface area contributed by atoms with E-state index in [9.17, 15) is 36.3 Å². The van der Waals surface area contributed by atoms with E-state index in [2.05, 4.69) is 82.5 Å². The summed E-state index contributed by atoms with van der Waals surface area (Å²) in [6.45, 7) is 3.21. The van der Waals surface area contributed by atoms with Gasteiger partial charge in [-0.25, -0.2) is 8.78 Å². The van der Waals surface area contributed by atoms with Crippen LogP contribution in [0, 0.1) is 11.6 Å². The van der Waals surface area contributed by atoms with Crippen LogP contribution < -0.4 is 30.2 Å². The molecule has 3 heterocycles. The first-order valence-corrected chi connectivity index (χ1v) is 32.9. The Morgan fingerprint density at radius 1 is 0.430 bits per heavy atom. The van der Waals surface area contributed by atoms with Crippen molar-refractivity contribution >= 4 is 53.0 Å². The molecule has 6 aromatic rings. The summed E-state index contributed by atoms with van der Waals surface area (Å²) in [7, 11) is 13.8. The Kier molecular flexibility index (Phi) is 21.8. The third kappa shape index (κ3) is 18.2. The van der Waals surface area contributed by atoms with Gasteiger partial charge in [0, 0.05) is 44.9 Å². The fourth-order valence-corrected chi connectivity index (χ4v) is 13.9. The normalized spacial score (nSPS) is 17.0. The Labute approximate surface area is 544 Å². The smallest absolute Gasteiger partial charge is 0.416 e. The van der Waals surface area contributed by atoms with Crippen molar-refractivity contribution in [3.8, 4) is 17.2 Å². The number of anilines is 3. The number of amides is 3. The lowest BCUT2D eigenvalue weighted by Gasteiger charge is -2.40. The zero-order valence-electron chi connectivity index (χ0n) is 54.6. The molecule has 3 aliphatic carbocycles. The highest BCUT2D eigenvalue weighted by Crippen LogP contribution is 2.37. The number of ether oxygens (including phenoxy) is 3. The summed E-state index contributed by atoms with van der Waals surface area (Å²) in [6.07, 6.45) is 20.1. The number of fused-ring (bicyclic) bond motifs is 3. The maximum Gasteiger partial charge on any atom is 0.416 e. The van der Waals surface area contributed by atoms with Crippen molar-refractivity contribution in [3.05, 3.63) is 195 Å². The molecule has 3 amide bonds. The van der Waals surface area contributed by atoms with Crippen LogP contribution in [0.15, 0.2) is 144 Å². The standard InChI is InChI=1S/C26H29F3N2O2.2C25H29FN2O2/c1-31(2,23-6-4-3-5-7-23)16-18-8-11-22(12-9-18)30-25(32)20-14-19-15-21(26(27,28)29)10-13-24(19)33-17-20;1-28(2,21-7-4-3-5-8-21)16-18-11-13-20(14-12-18)27-25(29)19-15-22-23(26)9-6-10-24(22)30-17-19;1-28(2,23-6-4-3-5-7-23)16-18-8-11-22(12-9-18)27-25(29)20-14-19-15-21(26)10-13-24(19)30-17-20/h8-15,23H,3-7,16-17H2,1-2H3;6,9-15,21H,3-5,7-8,16-17H2,1-2H3;8-15,23H,3-7,16-17H2,1-2H3/p+3. The molecule has 0 radical (unpaired) electrons. The van der Waals surface area contributed by atoms with Crippen molar-refractivity contribution in [1.82, 2.24) is 0 Å². The van der Waals surface area contributed by atoms with Gasteiger partial charge < -0.3 is 43.6 Å². The van der Waals surface area contributed by atoms with Gasteiger partial charge in [-0.2, -0.15) is 13.2 Å². The molecule has 12 rings (SSSR count). The van der Waals surface area contributed by atoms with E-state index in [1.54, 1.807) is 30.4 Å². The molecule has 0 aromatic heterocycles. The van der Waals surface area contributed by atoms with Gasteiger partial charge in [-0.15, -0.1) is 0 Å². The molecule has 492 valence electrons. The molecule has 12 nitrogen and oxygen atoms in total. The van der Waals surface area contributed by atoms with Gasteiger partial charge in [-0.1, -0.05) is 61.7 Å². The molecule has 17 heteroatoms. The van der Waals surface area contributed by atoms with E-state index in [-0.39, 0.29) is 60.3 Å². The third-order valence-corrected chi connectivity index (χ3v) is 19.4. The highest BCUT2D eigenvalue weighted by molar-refractivity contribution is 6.09. The van der Waals surface area contributed by atoms with Crippen LogP contribution in [0.3, 0.4) is 0 Å². The SMILES string of the molecule is C[N+](C)(Cc1ccc(NC(=O)C2=Cc3c(F)cccc3OC2)cc1)C1CCCCC1.C[N+](C)(Cc1ccc(NC(=O)C2=Cc3cc(C(F)(F)F)ccc3OC2)cc1)C1CCCCC1.C[N+](C)(Cc1ccc(NC(=O)C2=Cc3cc(F)ccc3OC2)cc1)C1CCCCC1. The number of nitrogens with zero attached hydrogens (tertiary/aromatic N) is 3. The first kappa shape index (κ1) is 67.8. The monoisotopic (exact) mass is 1280 g/mol. The Bertz CT molecular complexity index is 3690. The quantitative estimate of drug-likeness (QED) is 0.0697. The van der Waals surface area contributed by atoms with E-state index in [0.29, 0.717) is 51.3 Å². The van der Waals surface area contributed by atoms with E-state index in [1.165, 1.54) is 143 Å². The van der Waals surface area contributed by atoms with Crippen LogP contribution in [0.5, 0.6) is 17.2 Å². The maximum absolute atomic E-state index is 14.0. The number of quaternary nitrogens is 3. The molecule has 0 atom stereocenters. The number of carbonyl (C=O) groups excluding carboxylic acids is 3. The van der Waals surface area contributed by atoms with E-state index < -0.39 is 11.7 Å². The summed E-state index contributed by atoms with van der Waals surface area (Å²) in [5.41, 5.74) is 7.42. The molecule has 0 bridgehead atoms. The molecule has 0 saturated heterocycles. The van der Waals surface area contributed by atoms with Crippen molar-refractivity contribution in [2.45, 2.75) is 140 Å². The maximum atomic E-state index is 14.0. The average Bonchev–Trinajstić information content (AvgIpc) is 1.38. The average molecular weight is 1280 g/mol. The molecule has 3 saturated carbocycles. The number of nitrogens with one attached hydrogen (secondary N) is 3. The second-order valence-electron chi connectivity index (χ2n) is 27.6. The van der Waals surface area contributed by atoms with Crippen molar-refractivity contribution in [2.24, 2.45) is 0 Å². The molecule has 3 N–H and O–H groups in total. The van der Waals surface area contributed by atoms with Crippen LogP contribution in [-0.4, -0.2) is 111 Å². The molecule has 6 aromatic carbocycles. The van der Waals surface area contributed by atoms with Crippen molar-refractivity contribution in [1.29, 1.82) is 0 Å². The van der Waals surface area contributed by atoms with E-state index in [0.717, 1.165) is 68.7 Å². The molecule has 0 spiro atoms. The molecule has 3 fully saturated rings.